The zero-order valence-electron chi connectivity index (χ0n) is 9.39. The fourth-order valence-electron chi connectivity index (χ4n) is 1.38. The second kappa shape index (κ2) is 5.58. The molecule has 94 valence electrons. The average molecular weight is 285 g/mol. The van der Waals surface area contributed by atoms with Gasteiger partial charge in [0.25, 0.3) is 0 Å². The molecule has 0 bridgehead atoms. The van der Waals surface area contributed by atoms with Crippen molar-refractivity contribution in [1.29, 1.82) is 0 Å². The number of aromatic nitrogens is 1. The van der Waals surface area contributed by atoms with E-state index in [-0.39, 0.29) is 5.56 Å². The number of thioether (sulfide) groups is 1. The number of nitrogens with zero attached hydrogens (tertiary/aromatic N) is 1. The monoisotopic (exact) mass is 285 g/mol. The van der Waals surface area contributed by atoms with Crippen LogP contribution in [0, 0.1) is 11.6 Å². The van der Waals surface area contributed by atoms with Gasteiger partial charge in [-0.25, -0.2) is 13.8 Å². The van der Waals surface area contributed by atoms with Gasteiger partial charge in [0.05, 0.1) is 10.8 Å². The van der Waals surface area contributed by atoms with Crippen LogP contribution >= 0.6 is 23.1 Å². The summed E-state index contributed by atoms with van der Waals surface area (Å²) in [5.74, 6) is -1.76. The number of benzene rings is 1. The van der Waals surface area contributed by atoms with Crippen LogP contribution in [0.1, 0.15) is 17.3 Å². The van der Waals surface area contributed by atoms with Crippen molar-refractivity contribution in [3.63, 3.8) is 0 Å². The zero-order chi connectivity index (χ0) is 13.1. The molecule has 2 aromatic rings. The molecule has 2 nitrogen and oxygen atoms in total. The van der Waals surface area contributed by atoms with Gasteiger partial charge in [0, 0.05) is 11.6 Å². The van der Waals surface area contributed by atoms with E-state index in [1.807, 2.05) is 0 Å². The first-order chi connectivity index (χ1) is 8.58. The van der Waals surface area contributed by atoms with Crippen LogP contribution in [-0.2, 0) is 0 Å². The molecule has 0 saturated carbocycles. The lowest BCUT2D eigenvalue weighted by Crippen LogP contribution is -2.15. The average Bonchev–Trinajstić information content (AvgIpc) is 2.84. The number of rotatable bonds is 4. The lowest BCUT2D eigenvalue weighted by Gasteiger charge is -2.09. The Balaban J connectivity index is 2.17. The van der Waals surface area contributed by atoms with E-state index in [0.717, 1.165) is 22.5 Å². The van der Waals surface area contributed by atoms with E-state index >= 15 is 0 Å². The number of ketones is 1. The highest BCUT2D eigenvalue weighted by Crippen LogP contribution is 2.27. The normalized spacial score (nSPS) is 12.4. The van der Waals surface area contributed by atoms with Gasteiger partial charge in [-0.1, -0.05) is 11.8 Å². The second-order valence-electron chi connectivity index (χ2n) is 3.55. The van der Waals surface area contributed by atoms with Crippen molar-refractivity contribution in [3.8, 4) is 0 Å². The van der Waals surface area contributed by atoms with E-state index in [1.165, 1.54) is 23.1 Å². The summed E-state index contributed by atoms with van der Waals surface area (Å²) in [4.78, 5) is 16.0. The number of hydrogen-bond acceptors (Lipinski definition) is 4. The van der Waals surface area contributed by atoms with Crippen molar-refractivity contribution >= 4 is 28.9 Å². The van der Waals surface area contributed by atoms with E-state index in [1.54, 1.807) is 18.5 Å². The summed E-state index contributed by atoms with van der Waals surface area (Å²) in [6.07, 6.45) is 1.63. The van der Waals surface area contributed by atoms with Gasteiger partial charge >= 0.3 is 0 Å². The van der Waals surface area contributed by atoms with Crippen molar-refractivity contribution in [3.05, 3.63) is 47.0 Å². The number of carbonyl (C=O) groups excluding carboxylic acids is 1. The molecule has 0 aliphatic carbocycles. The number of carbonyl (C=O) groups is 1. The molecule has 6 heteroatoms. The summed E-state index contributed by atoms with van der Waals surface area (Å²) in [5, 5.41) is 1.29. The van der Waals surface area contributed by atoms with Crippen molar-refractivity contribution < 1.29 is 13.6 Å². The van der Waals surface area contributed by atoms with Gasteiger partial charge in [0.2, 0.25) is 0 Å². The van der Waals surface area contributed by atoms with Gasteiger partial charge in [-0.15, -0.1) is 11.3 Å². The fraction of sp³-hybridized carbons (Fsp3) is 0.167. The van der Waals surface area contributed by atoms with E-state index in [2.05, 4.69) is 4.98 Å². The Morgan fingerprint density at radius 2 is 2.22 bits per heavy atom. The zero-order valence-corrected chi connectivity index (χ0v) is 11.0. The molecule has 0 spiro atoms. The Morgan fingerprint density at radius 3 is 2.89 bits per heavy atom. The molecular formula is C12H9F2NOS2. The predicted octanol–water partition coefficient (Wildman–Crippen LogP) is 3.78. The largest absolute Gasteiger partial charge is 0.293 e. The minimum absolute atomic E-state index is 0.216. The van der Waals surface area contributed by atoms with Crippen LogP contribution in [0.4, 0.5) is 8.78 Å². The van der Waals surface area contributed by atoms with Crippen LogP contribution in [0.25, 0.3) is 0 Å². The summed E-state index contributed by atoms with van der Waals surface area (Å²) < 4.78 is 27.2. The minimum atomic E-state index is -0.701. The highest BCUT2D eigenvalue weighted by molar-refractivity contribution is 8.02. The van der Waals surface area contributed by atoms with E-state index in [9.17, 15) is 13.6 Å². The first-order valence-corrected chi connectivity index (χ1v) is 6.89. The van der Waals surface area contributed by atoms with Crippen molar-refractivity contribution in [2.45, 2.75) is 16.5 Å². The van der Waals surface area contributed by atoms with Crippen LogP contribution in [0.2, 0.25) is 0 Å². The topological polar surface area (TPSA) is 30.0 Å². The summed E-state index contributed by atoms with van der Waals surface area (Å²) in [7, 11) is 0. The molecule has 0 radical (unpaired) electrons. The number of Topliss-reactive ketones (excluding diaryl/α,β-unsaturated/α-hetero) is 1. The van der Waals surface area contributed by atoms with E-state index in [4.69, 9.17) is 0 Å². The van der Waals surface area contributed by atoms with Gasteiger partial charge in [0.15, 0.2) is 5.78 Å². The quantitative estimate of drug-likeness (QED) is 0.632. The smallest absolute Gasteiger partial charge is 0.179 e. The fourth-order valence-corrected chi connectivity index (χ4v) is 3.22. The third kappa shape index (κ3) is 2.94. The Bertz CT molecular complexity index is 557. The van der Waals surface area contributed by atoms with Gasteiger partial charge < -0.3 is 0 Å². The van der Waals surface area contributed by atoms with Gasteiger partial charge in [-0.05, 0) is 25.1 Å². The van der Waals surface area contributed by atoms with Gasteiger partial charge in [-0.3, -0.25) is 4.79 Å². The number of thiazole rings is 1. The van der Waals surface area contributed by atoms with E-state index in [0.29, 0.717) is 0 Å². The molecule has 18 heavy (non-hydrogen) atoms. The highest BCUT2D eigenvalue weighted by Gasteiger charge is 2.21. The molecule has 0 amide bonds. The molecule has 1 aromatic carbocycles. The Labute approximate surface area is 111 Å². The SMILES string of the molecule is CC(Sc1nccs1)C(=O)c1cc(F)ccc1F. The summed E-state index contributed by atoms with van der Waals surface area (Å²) in [6.45, 7) is 1.65. The summed E-state index contributed by atoms with van der Waals surface area (Å²) >= 11 is 2.64. The van der Waals surface area contributed by atoms with Crippen molar-refractivity contribution in [2.24, 2.45) is 0 Å². The number of halogens is 2. The molecular weight excluding hydrogens is 276 g/mol. The first kappa shape index (κ1) is 13.2. The maximum Gasteiger partial charge on any atom is 0.179 e. The summed E-state index contributed by atoms with van der Waals surface area (Å²) in [5.41, 5.74) is -0.216. The van der Waals surface area contributed by atoms with Crippen LogP contribution in [0.15, 0.2) is 34.1 Å². The van der Waals surface area contributed by atoms with Crippen molar-refractivity contribution in [2.75, 3.05) is 0 Å². The van der Waals surface area contributed by atoms with Crippen LogP contribution in [-0.4, -0.2) is 16.0 Å². The lowest BCUT2D eigenvalue weighted by atomic mass is 10.1. The lowest BCUT2D eigenvalue weighted by molar-refractivity contribution is 0.0989. The van der Waals surface area contributed by atoms with Crippen molar-refractivity contribution in [1.82, 2.24) is 4.98 Å². The number of hydrogen-bond donors (Lipinski definition) is 0. The molecule has 1 unspecified atom stereocenters. The molecule has 0 N–H and O–H groups in total. The Morgan fingerprint density at radius 1 is 1.44 bits per heavy atom. The third-order valence-electron chi connectivity index (χ3n) is 2.25. The molecule has 0 aliphatic heterocycles. The van der Waals surface area contributed by atoms with Crippen LogP contribution < -0.4 is 0 Å². The molecule has 2 rings (SSSR count). The van der Waals surface area contributed by atoms with Crippen LogP contribution in [0.3, 0.4) is 0 Å². The first-order valence-electron chi connectivity index (χ1n) is 5.13. The predicted molar refractivity (Wildman–Crippen MR) is 68.1 cm³/mol. The molecule has 0 saturated heterocycles. The molecule has 0 aliphatic rings. The van der Waals surface area contributed by atoms with E-state index < -0.39 is 22.7 Å². The van der Waals surface area contributed by atoms with Crippen LogP contribution in [0.5, 0.6) is 0 Å². The molecule has 1 atom stereocenters. The highest BCUT2D eigenvalue weighted by atomic mass is 32.2. The maximum absolute atomic E-state index is 13.4. The standard InChI is InChI=1S/C12H9F2NOS2/c1-7(18-12-15-4-5-17-12)11(16)9-6-8(13)2-3-10(9)14/h2-7H,1H3. The van der Waals surface area contributed by atoms with Gasteiger partial charge in [-0.2, -0.15) is 0 Å². The Hall–Kier alpha value is -1.27. The van der Waals surface area contributed by atoms with Gasteiger partial charge in [0.1, 0.15) is 16.0 Å². The summed E-state index contributed by atoms with van der Waals surface area (Å²) in [6, 6.07) is 2.88. The third-order valence-corrected chi connectivity index (χ3v) is 4.27. The molecule has 1 aromatic heterocycles. The molecule has 1 heterocycles. The second-order valence-corrected chi connectivity index (χ2v) is 6.03. The minimum Gasteiger partial charge on any atom is -0.293 e. The molecule has 0 fully saturated rings. The maximum atomic E-state index is 13.4. The Kier molecular flexibility index (Phi) is 4.08.